The van der Waals surface area contributed by atoms with E-state index in [4.69, 9.17) is 24.7 Å². The number of rotatable bonds is 9. The zero-order valence-corrected chi connectivity index (χ0v) is 15.8. The van der Waals surface area contributed by atoms with Gasteiger partial charge in [0.05, 0.1) is 27.0 Å². The number of nitrogens with zero attached hydrogens (tertiary/aromatic N) is 2. The standard InChI is InChI=1S/C18H26N4O4/c1-11(2)12-8-14(24-4)15(25-5)9-13(12)26-16-10-21-18(22-17(16)19)20-6-7-23-3/h8-11H,6-7H2,1-5H3,(H3,19,20,21,22). The number of nitrogens with one attached hydrogen (secondary N) is 1. The quantitative estimate of drug-likeness (QED) is 0.657. The third-order valence-electron chi connectivity index (χ3n) is 3.73. The SMILES string of the molecule is COCCNc1ncc(Oc2cc(OC)c(OC)cc2C(C)C)c(N)n1. The molecule has 1 aromatic carbocycles. The lowest BCUT2D eigenvalue weighted by atomic mass is 10.0. The Morgan fingerprint density at radius 1 is 1.04 bits per heavy atom. The number of nitrogen functional groups attached to an aromatic ring is 1. The van der Waals surface area contributed by atoms with E-state index in [-0.39, 0.29) is 11.7 Å². The molecule has 8 nitrogen and oxygen atoms in total. The Kier molecular flexibility index (Phi) is 6.85. The van der Waals surface area contributed by atoms with Crippen molar-refractivity contribution < 1.29 is 18.9 Å². The van der Waals surface area contributed by atoms with Crippen molar-refractivity contribution in [3.63, 3.8) is 0 Å². The Balaban J connectivity index is 2.29. The molecule has 0 unspecified atom stereocenters. The molecule has 1 heterocycles. The zero-order valence-electron chi connectivity index (χ0n) is 15.8. The molecular weight excluding hydrogens is 336 g/mol. The van der Waals surface area contributed by atoms with Crippen LogP contribution in [0.2, 0.25) is 0 Å². The predicted octanol–water partition coefficient (Wildman–Crippen LogP) is 3.05. The number of methoxy groups -OCH3 is 3. The van der Waals surface area contributed by atoms with Crippen molar-refractivity contribution in [2.75, 3.05) is 45.5 Å². The second kappa shape index (κ2) is 9.10. The van der Waals surface area contributed by atoms with E-state index in [2.05, 4.69) is 29.1 Å². The predicted molar refractivity (Wildman–Crippen MR) is 101 cm³/mol. The van der Waals surface area contributed by atoms with Crippen LogP contribution >= 0.6 is 0 Å². The fourth-order valence-electron chi connectivity index (χ4n) is 2.35. The molecule has 0 amide bonds. The van der Waals surface area contributed by atoms with E-state index in [0.717, 1.165) is 5.56 Å². The van der Waals surface area contributed by atoms with Gasteiger partial charge in [-0.1, -0.05) is 13.8 Å². The summed E-state index contributed by atoms with van der Waals surface area (Å²) in [6, 6.07) is 3.68. The molecule has 3 N–H and O–H groups in total. The van der Waals surface area contributed by atoms with Gasteiger partial charge in [-0.15, -0.1) is 0 Å². The van der Waals surface area contributed by atoms with Gasteiger partial charge in [-0.3, -0.25) is 0 Å². The molecule has 0 aliphatic rings. The van der Waals surface area contributed by atoms with E-state index in [9.17, 15) is 0 Å². The first-order valence-corrected chi connectivity index (χ1v) is 8.29. The van der Waals surface area contributed by atoms with Gasteiger partial charge in [0.25, 0.3) is 0 Å². The van der Waals surface area contributed by atoms with Crippen molar-refractivity contribution in [1.29, 1.82) is 0 Å². The first-order chi connectivity index (χ1) is 12.5. The molecule has 0 atom stereocenters. The Bertz CT molecular complexity index is 737. The minimum atomic E-state index is 0.210. The molecule has 0 bridgehead atoms. The summed E-state index contributed by atoms with van der Waals surface area (Å²) in [7, 11) is 4.81. The van der Waals surface area contributed by atoms with E-state index >= 15 is 0 Å². The van der Waals surface area contributed by atoms with Crippen LogP contribution in [0.5, 0.6) is 23.0 Å². The van der Waals surface area contributed by atoms with Crippen molar-refractivity contribution in [1.82, 2.24) is 9.97 Å². The highest BCUT2D eigenvalue weighted by Crippen LogP contribution is 2.40. The lowest BCUT2D eigenvalue weighted by molar-refractivity contribution is 0.210. The summed E-state index contributed by atoms with van der Waals surface area (Å²) in [6.07, 6.45) is 1.54. The van der Waals surface area contributed by atoms with Crippen LogP contribution in [-0.4, -0.2) is 44.4 Å². The van der Waals surface area contributed by atoms with Gasteiger partial charge in [-0.25, -0.2) is 4.98 Å². The number of nitrogens with two attached hydrogens (primary N) is 1. The molecule has 0 radical (unpaired) electrons. The molecular formula is C18H26N4O4. The molecule has 8 heteroatoms. The second-order valence-corrected chi connectivity index (χ2v) is 5.86. The molecule has 26 heavy (non-hydrogen) atoms. The number of hydrogen-bond acceptors (Lipinski definition) is 8. The van der Waals surface area contributed by atoms with Gasteiger partial charge >= 0.3 is 0 Å². The van der Waals surface area contributed by atoms with Crippen molar-refractivity contribution in [3.8, 4) is 23.0 Å². The van der Waals surface area contributed by atoms with E-state index in [1.165, 1.54) is 6.20 Å². The van der Waals surface area contributed by atoms with Gasteiger partial charge < -0.3 is 30.0 Å². The smallest absolute Gasteiger partial charge is 0.224 e. The normalized spacial score (nSPS) is 10.7. The topological polar surface area (TPSA) is 101 Å². The highest BCUT2D eigenvalue weighted by Gasteiger charge is 2.17. The van der Waals surface area contributed by atoms with Crippen LogP contribution in [0.3, 0.4) is 0 Å². The number of benzene rings is 1. The number of hydrogen-bond donors (Lipinski definition) is 2. The third kappa shape index (κ3) is 4.66. The summed E-state index contributed by atoms with van der Waals surface area (Å²) < 4.78 is 21.7. The number of aromatic nitrogens is 2. The van der Waals surface area contributed by atoms with Gasteiger partial charge in [0.2, 0.25) is 5.95 Å². The van der Waals surface area contributed by atoms with Crippen molar-refractivity contribution in [2.24, 2.45) is 0 Å². The Labute approximate surface area is 153 Å². The van der Waals surface area contributed by atoms with E-state index < -0.39 is 0 Å². The van der Waals surface area contributed by atoms with E-state index in [1.807, 2.05) is 6.07 Å². The second-order valence-electron chi connectivity index (χ2n) is 5.86. The zero-order chi connectivity index (χ0) is 19.1. The molecule has 0 saturated heterocycles. The van der Waals surface area contributed by atoms with Crippen molar-refractivity contribution in [2.45, 2.75) is 19.8 Å². The Morgan fingerprint density at radius 3 is 2.31 bits per heavy atom. The molecule has 0 saturated carbocycles. The summed E-state index contributed by atoms with van der Waals surface area (Å²) in [5.41, 5.74) is 6.99. The fraction of sp³-hybridized carbons (Fsp3) is 0.444. The molecule has 2 aromatic rings. The maximum Gasteiger partial charge on any atom is 0.224 e. The number of anilines is 2. The van der Waals surface area contributed by atoms with Gasteiger partial charge in [0.1, 0.15) is 5.75 Å². The van der Waals surface area contributed by atoms with Crippen molar-refractivity contribution in [3.05, 3.63) is 23.9 Å². The minimum absolute atomic E-state index is 0.210. The van der Waals surface area contributed by atoms with Crippen LogP contribution < -0.4 is 25.3 Å². The first-order valence-electron chi connectivity index (χ1n) is 8.29. The maximum atomic E-state index is 6.02. The Hall–Kier alpha value is -2.74. The molecule has 1 aromatic heterocycles. The number of ether oxygens (including phenoxy) is 4. The molecule has 0 fully saturated rings. The maximum absolute atomic E-state index is 6.02. The van der Waals surface area contributed by atoms with Crippen LogP contribution in [0, 0.1) is 0 Å². The lowest BCUT2D eigenvalue weighted by Gasteiger charge is -2.18. The van der Waals surface area contributed by atoms with Crippen LogP contribution in [-0.2, 0) is 4.74 Å². The van der Waals surface area contributed by atoms with Gasteiger partial charge in [-0.05, 0) is 12.0 Å². The summed E-state index contributed by atoms with van der Waals surface area (Å²) in [5, 5.41) is 3.02. The summed E-state index contributed by atoms with van der Waals surface area (Å²) in [4.78, 5) is 8.43. The lowest BCUT2D eigenvalue weighted by Crippen LogP contribution is -2.11. The molecule has 0 aliphatic heterocycles. The highest BCUT2D eigenvalue weighted by atomic mass is 16.5. The van der Waals surface area contributed by atoms with Gasteiger partial charge in [-0.2, -0.15) is 4.98 Å². The first kappa shape index (κ1) is 19.6. The monoisotopic (exact) mass is 362 g/mol. The van der Waals surface area contributed by atoms with Crippen LogP contribution in [0.15, 0.2) is 18.3 Å². The van der Waals surface area contributed by atoms with E-state index in [1.54, 1.807) is 27.4 Å². The average molecular weight is 362 g/mol. The van der Waals surface area contributed by atoms with Crippen molar-refractivity contribution >= 4 is 11.8 Å². The third-order valence-corrected chi connectivity index (χ3v) is 3.73. The highest BCUT2D eigenvalue weighted by molar-refractivity contribution is 5.55. The summed E-state index contributed by atoms with van der Waals surface area (Å²) in [6.45, 7) is 5.27. The molecule has 142 valence electrons. The van der Waals surface area contributed by atoms with Crippen LogP contribution in [0.4, 0.5) is 11.8 Å². The van der Waals surface area contributed by atoms with E-state index in [0.29, 0.717) is 42.1 Å². The molecule has 2 rings (SSSR count). The van der Waals surface area contributed by atoms with Gasteiger partial charge in [0.15, 0.2) is 23.1 Å². The summed E-state index contributed by atoms with van der Waals surface area (Å²) >= 11 is 0. The largest absolute Gasteiger partial charge is 0.493 e. The Morgan fingerprint density at radius 2 is 1.73 bits per heavy atom. The molecule has 0 spiro atoms. The molecule has 0 aliphatic carbocycles. The van der Waals surface area contributed by atoms with Crippen LogP contribution in [0.25, 0.3) is 0 Å². The fourth-order valence-corrected chi connectivity index (χ4v) is 2.35. The summed E-state index contributed by atoms with van der Waals surface area (Å²) in [5.74, 6) is 3.08. The van der Waals surface area contributed by atoms with Gasteiger partial charge in [0, 0.05) is 25.3 Å². The van der Waals surface area contributed by atoms with Crippen LogP contribution in [0.1, 0.15) is 25.3 Å². The minimum Gasteiger partial charge on any atom is -0.493 e. The average Bonchev–Trinajstić information content (AvgIpc) is 2.63.